The van der Waals surface area contributed by atoms with E-state index in [0.717, 1.165) is 36.5 Å². The van der Waals surface area contributed by atoms with Crippen molar-refractivity contribution >= 4 is 38.5 Å². The number of hydrogen-bond donors (Lipinski definition) is 2. The van der Waals surface area contributed by atoms with Gasteiger partial charge >= 0.3 is 0 Å². The molecule has 6 rings (SSSR count). The number of rotatable bonds is 7. The first-order chi connectivity index (χ1) is 22.4. The van der Waals surface area contributed by atoms with Gasteiger partial charge in [-0.1, -0.05) is 51.3 Å². The van der Waals surface area contributed by atoms with E-state index in [1.807, 2.05) is 24.3 Å². The molecule has 2 aromatic rings. The number of nitrogens with one attached hydrogen (secondary N) is 2. The van der Waals surface area contributed by atoms with Crippen molar-refractivity contribution in [1.29, 1.82) is 0 Å². The number of benzene rings is 1. The quantitative estimate of drug-likeness (QED) is 0.449. The molecular weight excluding hydrogens is 627 g/mol. The van der Waals surface area contributed by atoms with Crippen LogP contribution in [0, 0.1) is 17.8 Å². The maximum absolute atomic E-state index is 14.1. The highest BCUT2D eigenvalue weighted by atomic mass is 32.2. The zero-order valence-electron chi connectivity index (χ0n) is 27.3. The molecule has 1 aromatic heterocycles. The molecule has 3 heterocycles. The molecule has 6 atom stereocenters. The summed E-state index contributed by atoms with van der Waals surface area (Å²) in [4.78, 5) is 47.6. The molecule has 2 aliphatic carbocycles. The summed E-state index contributed by atoms with van der Waals surface area (Å²) in [6.45, 7) is 3.31. The van der Waals surface area contributed by atoms with Crippen LogP contribution < -0.4 is 19.5 Å². The molecule has 0 unspecified atom stereocenters. The molecule has 13 heteroatoms. The van der Waals surface area contributed by atoms with Crippen molar-refractivity contribution in [1.82, 2.24) is 19.9 Å². The average molecular weight is 673 g/mol. The Bertz CT molecular complexity index is 1650. The van der Waals surface area contributed by atoms with Crippen molar-refractivity contribution in [3.63, 3.8) is 0 Å². The van der Waals surface area contributed by atoms with E-state index in [-0.39, 0.29) is 56.4 Å². The predicted octanol–water partition coefficient (Wildman–Crippen LogP) is 4.04. The monoisotopic (exact) mass is 672 g/mol. The minimum absolute atomic E-state index is 0.111. The molecule has 4 aliphatic rings. The number of nitrogens with zero attached hydrogens (tertiary/aromatic N) is 2. The summed E-state index contributed by atoms with van der Waals surface area (Å²) in [6, 6.07) is 6.58. The molecule has 0 bridgehead atoms. The number of fused-ring (bicyclic) bond motifs is 3. The van der Waals surface area contributed by atoms with Crippen LogP contribution in [-0.2, 0) is 24.4 Å². The lowest BCUT2D eigenvalue weighted by molar-refractivity contribution is -0.140. The van der Waals surface area contributed by atoms with Gasteiger partial charge in [-0.15, -0.1) is 0 Å². The molecule has 0 radical (unpaired) electrons. The third-order valence-corrected chi connectivity index (χ3v) is 12.7. The molecule has 11 nitrogen and oxygen atoms in total. The van der Waals surface area contributed by atoms with Gasteiger partial charge in [0.05, 0.1) is 19.9 Å². The molecule has 3 amide bonds. The number of pyridine rings is 1. The molecule has 4 fully saturated rings. The Morgan fingerprint density at radius 1 is 1.11 bits per heavy atom. The SMILES string of the molecule is COc1cnc(O[C@@H]2C[C@H]3C(=O)N[C@]4(C(=O)NS(=O)(=O)C5(CF)CC5)C[C@H]4CCCC[C@H](C)C[C@@H](C)CC(=O)N3C2)c2ccccc12. The number of carbonyl (C=O) groups is 3. The van der Waals surface area contributed by atoms with E-state index in [1.54, 1.807) is 13.3 Å². The van der Waals surface area contributed by atoms with Gasteiger partial charge in [-0.05, 0) is 55.9 Å². The van der Waals surface area contributed by atoms with E-state index in [0.29, 0.717) is 24.0 Å². The molecular formula is C34H45FN4O7S. The maximum atomic E-state index is 14.1. The van der Waals surface area contributed by atoms with Crippen LogP contribution in [-0.4, -0.2) is 78.8 Å². The number of alkyl halides is 1. The van der Waals surface area contributed by atoms with Crippen molar-refractivity contribution in [3.8, 4) is 11.6 Å². The largest absolute Gasteiger partial charge is 0.494 e. The summed E-state index contributed by atoms with van der Waals surface area (Å²) in [5.41, 5.74) is -1.45. The Labute approximate surface area is 275 Å². The standard InChI is InChI=1S/C34H45FN4O7S/c1-21-8-4-5-9-23-17-34(23,32(42)38-47(43,44)33(20-35)12-13-33)37-30(41)27-16-24(19-39(27)29(40)15-22(2)14-21)46-31-26-11-7-6-10-25(26)28(45-3)18-36-31/h6-7,10-11,18,21-24,27H,4-5,8-9,12-17,19-20H2,1-3H3,(H,37,41)(H,38,42)/t21-,22+,23+,24+,27-,34+/m0/s1. The number of methoxy groups -OCH3 is 1. The molecule has 1 aromatic carbocycles. The molecule has 256 valence electrons. The molecule has 2 saturated carbocycles. The predicted molar refractivity (Wildman–Crippen MR) is 173 cm³/mol. The van der Waals surface area contributed by atoms with Crippen molar-refractivity contribution < 1.29 is 36.7 Å². The van der Waals surface area contributed by atoms with E-state index >= 15 is 0 Å². The summed E-state index contributed by atoms with van der Waals surface area (Å²) in [7, 11) is -2.71. The highest BCUT2D eigenvalue weighted by molar-refractivity contribution is 7.91. The van der Waals surface area contributed by atoms with Gasteiger partial charge in [0.2, 0.25) is 27.7 Å². The lowest BCUT2D eigenvalue weighted by Crippen LogP contribution is -2.57. The molecule has 2 aliphatic heterocycles. The minimum Gasteiger partial charge on any atom is -0.494 e. The van der Waals surface area contributed by atoms with Gasteiger partial charge in [0, 0.05) is 23.6 Å². The number of sulfonamides is 1. The normalized spacial score (nSPS) is 31.1. The second-order valence-electron chi connectivity index (χ2n) is 14.3. The Hall–Kier alpha value is -3.48. The first-order valence-corrected chi connectivity index (χ1v) is 18.2. The van der Waals surface area contributed by atoms with Gasteiger partial charge in [0.25, 0.3) is 5.91 Å². The summed E-state index contributed by atoms with van der Waals surface area (Å²) < 4.78 is 52.1. The van der Waals surface area contributed by atoms with Crippen molar-refractivity contribution in [2.24, 2.45) is 17.8 Å². The van der Waals surface area contributed by atoms with E-state index in [4.69, 9.17) is 9.47 Å². The lowest BCUT2D eigenvalue weighted by atomic mass is 9.90. The molecule has 47 heavy (non-hydrogen) atoms. The second kappa shape index (κ2) is 12.9. The highest BCUT2D eigenvalue weighted by Gasteiger charge is 2.64. The first-order valence-electron chi connectivity index (χ1n) is 16.7. The van der Waals surface area contributed by atoms with Gasteiger partial charge < -0.3 is 19.7 Å². The summed E-state index contributed by atoms with van der Waals surface area (Å²) in [5.74, 6) is -0.355. The van der Waals surface area contributed by atoms with E-state index in [1.165, 1.54) is 4.90 Å². The van der Waals surface area contributed by atoms with Crippen LogP contribution >= 0.6 is 0 Å². The lowest BCUT2D eigenvalue weighted by Gasteiger charge is -2.28. The maximum Gasteiger partial charge on any atom is 0.259 e. The van der Waals surface area contributed by atoms with Gasteiger partial charge in [0.15, 0.2) is 0 Å². The van der Waals surface area contributed by atoms with Gasteiger partial charge in [-0.3, -0.25) is 19.1 Å². The van der Waals surface area contributed by atoms with E-state index < -0.39 is 50.9 Å². The summed E-state index contributed by atoms with van der Waals surface area (Å²) in [5, 5.41) is 4.44. The van der Waals surface area contributed by atoms with Gasteiger partial charge in [0.1, 0.15) is 34.9 Å². The fourth-order valence-corrected chi connectivity index (χ4v) is 8.98. The molecule has 0 spiro atoms. The second-order valence-corrected chi connectivity index (χ2v) is 16.3. The van der Waals surface area contributed by atoms with Crippen LogP contribution in [0.15, 0.2) is 30.5 Å². The molecule has 2 N–H and O–H groups in total. The fourth-order valence-electron chi connectivity index (χ4n) is 7.55. The first kappa shape index (κ1) is 33.4. The minimum atomic E-state index is -4.27. The summed E-state index contributed by atoms with van der Waals surface area (Å²) in [6.07, 6.45) is 6.23. The molecule has 2 saturated heterocycles. The highest BCUT2D eigenvalue weighted by Crippen LogP contribution is 2.49. The average Bonchev–Trinajstić information content (AvgIpc) is 3.94. The van der Waals surface area contributed by atoms with Crippen LogP contribution in [0.25, 0.3) is 10.8 Å². The zero-order chi connectivity index (χ0) is 33.6. The van der Waals surface area contributed by atoms with Crippen LogP contribution in [0.1, 0.15) is 78.1 Å². The van der Waals surface area contributed by atoms with Crippen LogP contribution in [0.3, 0.4) is 0 Å². The number of ether oxygens (including phenoxy) is 2. The third-order valence-electron chi connectivity index (χ3n) is 10.6. The number of hydrogen-bond acceptors (Lipinski definition) is 8. The van der Waals surface area contributed by atoms with Gasteiger partial charge in [-0.25, -0.2) is 17.8 Å². The third kappa shape index (κ3) is 6.51. The summed E-state index contributed by atoms with van der Waals surface area (Å²) >= 11 is 0. The van der Waals surface area contributed by atoms with Crippen molar-refractivity contribution in [3.05, 3.63) is 30.5 Å². The Morgan fingerprint density at radius 2 is 1.83 bits per heavy atom. The van der Waals surface area contributed by atoms with Crippen LogP contribution in [0.4, 0.5) is 4.39 Å². The van der Waals surface area contributed by atoms with Crippen molar-refractivity contribution in [2.45, 2.75) is 100 Å². The van der Waals surface area contributed by atoms with Gasteiger partial charge in [-0.2, -0.15) is 0 Å². The number of carbonyl (C=O) groups excluding carboxylic acids is 3. The van der Waals surface area contributed by atoms with Crippen LogP contribution in [0.5, 0.6) is 11.6 Å². The fraction of sp³-hybridized carbons (Fsp3) is 0.647. The van der Waals surface area contributed by atoms with E-state index in [9.17, 15) is 27.2 Å². The Balaban J connectivity index is 1.27. The van der Waals surface area contributed by atoms with Crippen LogP contribution in [0.2, 0.25) is 0 Å². The Morgan fingerprint density at radius 3 is 2.53 bits per heavy atom. The Kier molecular flexibility index (Phi) is 9.14. The topological polar surface area (TPSA) is 144 Å². The zero-order valence-corrected chi connectivity index (χ0v) is 28.1. The number of aromatic nitrogens is 1. The number of amides is 3. The van der Waals surface area contributed by atoms with E-state index in [2.05, 4.69) is 28.9 Å². The smallest absolute Gasteiger partial charge is 0.259 e. The number of halogens is 1. The van der Waals surface area contributed by atoms with Crippen molar-refractivity contribution in [2.75, 3.05) is 20.3 Å².